The fourth-order valence-electron chi connectivity index (χ4n) is 2.83. The average molecular weight is 306 g/mol. The Hall–Kier alpha value is -1.59. The highest BCUT2D eigenvalue weighted by Crippen LogP contribution is 2.16. The zero-order valence-corrected chi connectivity index (χ0v) is 13.3. The van der Waals surface area contributed by atoms with Gasteiger partial charge in [-0.2, -0.15) is 0 Å². The molecule has 1 aromatic carbocycles. The van der Waals surface area contributed by atoms with Crippen molar-refractivity contribution in [2.45, 2.75) is 38.8 Å². The molecule has 22 heavy (non-hydrogen) atoms. The molecule has 0 saturated carbocycles. The van der Waals surface area contributed by atoms with Crippen LogP contribution in [0.4, 0.5) is 0 Å². The van der Waals surface area contributed by atoms with Gasteiger partial charge in [0.25, 0.3) is 0 Å². The topological polar surface area (TPSA) is 61.8 Å². The van der Waals surface area contributed by atoms with Gasteiger partial charge in [0.15, 0.2) is 0 Å². The third-order valence-corrected chi connectivity index (χ3v) is 4.01. The highest BCUT2D eigenvalue weighted by atomic mass is 16.5. The van der Waals surface area contributed by atoms with E-state index in [1.165, 1.54) is 0 Å². The van der Waals surface area contributed by atoms with Crippen molar-refractivity contribution in [2.75, 3.05) is 26.3 Å². The molecule has 1 aromatic rings. The Bertz CT molecular complexity index is 479. The number of rotatable bonds is 7. The third kappa shape index (κ3) is 5.00. The lowest BCUT2D eigenvalue weighted by Crippen LogP contribution is -2.46. The molecule has 5 heteroatoms. The Morgan fingerprint density at radius 3 is 3.09 bits per heavy atom. The number of ether oxygens (including phenoxy) is 1. The molecule has 0 spiro atoms. The fourth-order valence-corrected chi connectivity index (χ4v) is 2.83. The molecule has 1 heterocycles. The first-order valence-electron chi connectivity index (χ1n) is 8.06. The maximum absolute atomic E-state index is 12.1. The SMILES string of the molecule is CCOc1cccc(CNC(=O)CN2CCCCC2CO)c1. The first-order chi connectivity index (χ1) is 10.7. The molecule has 1 saturated heterocycles. The van der Waals surface area contributed by atoms with Crippen LogP contribution in [0.2, 0.25) is 0 Å². The lowest BCUT2D eigenvalue weighted by atomic mass is 10.0. The Labute approximate surface area is 132 Å². The molecule has 2 rings (SSSR count). The van der Waals surface area contributed by atoms with Crippen LogP contribution < -0.4 is 10.1 Å². The largest absolute Gasteiger partial charge is 0.494 e. The van der Waals surface area contributed by atoms with Gasteiger partial charge in [-0.1, -0.05) is 18.6 Å². The number of carbonyl (C=O) groups is 1. The number of piperidine rings is 1. The lowest BCUT2D eigenvalue weighted by Gasteiger charge is -2.33. The summed E-state index contributed by atoms with van der Waals surface area (Å²) in [6.45, 7) is 4.45. The number of hydrogen-bond acceptors (Lipinski definition) is 4. The Morgan fingerprint density at radius 1 is 1.45 bits per heavy atom. The number of nitrogens with one attached hydrogen (secondary N) is 1. The van der Waals surface area contributed by atoms with Gasteiger partial charge in [-0.3, -0.25) is 9.69 Å². The number of carbonyl (C=O) groups excluding carboxylic acids is 1. The molecule has 1 aliphatic heterocycles. The molecule has 5 nitrogen and oxygen atoms in total. The summed E-state index contributed by atoms with van der Waals surface area (Å²) in [5, 5.41) is 12.3. The Balaban J connectivity index is 1.80. The van der Waals surface area contributed by atoms with E-state index in [2.05, 4.69) is 10.2 Å². The van der Waals surface area contributed by atoms with E-state index in [0.29, 0.717) is 19.7 Å². The summed E-state index contributed by atoms with van der Waals surface area (Å²) in [5.41, 5.74) is 1.02. The van der Waals surface area contributed by atoms with Gasteiger partial charge < -0.3 is 15.2 Å². The molecular weight excluding hydrogens is 280 g/mol. The predicted octanol–water partition coefficient (Wildman–Crippen LogP) is 1.55. The monoisotopic (exact) mass is 306 g/mol. The molecule has 1 atom stereocenters. The van der Waals surface area contributed by atoms with E-state index in [0.717, 1.165) is 37.1 Å². The molecule has 1 unspecified atom stereocenters. The van der Waals surface area contributed by atoms with Crippen LogP contribution in [0.5, 0.6) is 5.75 Å². The van der Waals surface area contributed by atoms with Crippen molar-refractivity contribution in [3.05, 3.63) is 29.8 Å². The summed E-state index contributed by atoms with van der Waals surface area (Å²) in [5.74, 6) is 0.827. The zero-order valence-electron chi connectivity index (χ0n) is 13.3. The van der Waals surface area contributed by atoms with E-state index >= 15 is 0 Å². The molecule has 0 radical (unpaired) electrons. The van der Waals surface area contributed by atoms with Crippen LogP contribution in [0.15, 0.2) is 24.3 Å². The number of aliphatic hydroxyl groups is 1. The number of likely N-dealkylation sites (tertiary alicyclic amines) is 1. The second-order valence-corrected chi connectivity index (χ2v) is 5.66. The van der Waals surface area contributed by atoms with Crippen molar-refractivity contribution in [3.63, 3.8) is 0 Å². The zero-order chi connectivity index (χ0) is 15.8. The quantitative estimate of drug-likeness (QED) is 0.802. The normalized spacial score (nSPS) is 18.9. The lowest BCUT2D eigenvalue weighted by molar-refractivity contribution is -0.123. The van der Waals surface area contributed by atoms with Crippen LogP contribution in [0.3, 0.4) is 0 Å². The second-order valence-electron chi connectivity index (χ2n) is 5.66. The van der Waals surface area contributed by atoms with Crippen LogP contribution in [-0.2, 0) is 11.3 Å². The molecule has 0 aliphatic carbocycles. The smallest absolute Gasteiger partial charge is 0.234 e. The minimum absolute atomic E-state index is 0.00200. The highest BCUT2D eigenvalue weighted by molar-refractivity contribution is 5.78. The van der Waals surface area contributed by atoms with Gasteiger partial charge in [0, 0.05) is 12.6 Å². The maximum Gasteiger partial charge on any atom is 0.234 e. The van der Waals surface area contributed by atoms with Crippen molar-refractivity contribution < 1.29 is 14.6 Å². The van der Waals surface area contributed by atoms with Crippen LogP contribution in [0.1, 0.15) is 31.7 Å². The molecular formula is C17H26N2O3. The number of nitrogens with zero attached hydrogens (tertiary/aromatic N) is 1. The fraction of sp³-hybridized carbons (Fsp3) is 0.588. The minimum atomic E-state index is 0.00200. The first kappa shape index (κ1) is 16.8. The second kappa shape index (κ2) is 8.76. The first-order valence-corrected chi connectivity index (χ1v) is 8.06. The summed E-state index contributed by atoms with van der Waals surface area (Å²) in [4.78, 5) is 14.2. The number of benzene rings is 1. The summed E-state index contributed by atoms with van der Waals surface area (Å²) in [6.07, 6.45) is 3.20. The van der Waals surface area contributed by atoms with E-state index < -0.39 is 0 Å². The van der Waals surface area contributed by atoms with Crippen LogP contribution in [0, 0.1) is 0 Å². The minimum Gasteiger partial charge on any atom is -0.494 e. The molecule has 1 fully saturated rings. The van der Waals surface area contributed by atoms with Gasteiger partial charge in [0.2, 0.25) is 5.91 Å². The van der Waals surface area contributed by atoms with Crippen molar-refractivity contribution in [1.82, 2.24) is 10.2 Å². The van der Waals surface area contributed by atoms with Gasteiger partial charge >= 0.3 is 0 Å². The summed E-state index contributed by atoms with van der Waals surface area (Å²) < 4.78 is 5.45. The van der Waals surface area contributed by atoms with Gasteiger partial charge in [-0.25, -0.2) is 0 Å². The standard InChI is InChI=1S/C17H26N2O3/c1-2-22-16-8-5-6-14(10-16)11-18-17(21)12-19-9-4-3-7-15(19)13-20/h5-6,8,10,15,20H,2-4,7,9,11-13H2,1H3,(H,18,21). The average Bonchev–Trinajstić information content (AvgIpc) is 2.54. The molecule has 122 valence electrons. The van der Waals surface area contributed by atoms with E-state index in [1.54, 1.807) is 0 Å². The number of hydrogen-bond donors (Lipinski definition) is 2. The van der Waals surface area contributed by atoms with Gasteiger partial charge in [-0.15, -0.1) is 0 Å². The van der Waals surface area contributed by atoms with Gasteiger partial charge in [-0.05, 0) is 44.0 Å². The van der Waals surface area contributed by atoms with Gasteiger partial charge in [0.05, 0.1) is 19.8 Å². The van der Waals surface area contributed by atoms with Crippen molar-refractivity contribution in [3.8, 4) is 5.75 Å². The van der Waals surface area contributed by atoms with Crippen LogP contribution in [-0.4, -0.2) is 48.3 Å². The van der Waals surface area contributed by atoms with Crippen LogP contribution >= 0.6 is 0 Å². The van der Waals surface area contributed by atoms with Crippen molar-refractivity contribution in [1.29, 1.82) is 0 Å². The molecule has 1 aliphatic rings. The summed E-state index contributed by atoms with van der Waals surface area (Å²) in [6, 6.07) is 7.88. The van der Waals surface area contributed by atoms with Gasteiger partial charge in [0.1, 0.15) is 5.75 Å². The van der Waals surface area contributed by atoms with E-state index in [1.807, 2.05) is 31.2 Å². The predicted molar refractivity (Wildman–Crippen MR) is 85.8 cm³/mol. The Kier molecular flexibility index (Phi) is 6.68. The highest BCUT2D eigenvalue weighted by Gasteiger charge is 2.23. The summed E-state index contributed by atoms with van der Waals surface area (Å²) in [7, 11) is 0. The Morgan fingerprint density at radius 2 is 2.32 bits per heavy atom. The third-order valence-electron chi connectivity index (χ3n) is 4.01. The molecule has 0 aromatic heterocycles. The van der Waals surface area contributed by atoms with Crippen LogP contribution in [0.25, 0.3) is 0 Å². The van der Waals surface area contributed by atoms with E-state index in [4.69, 9.17) is 4.74 Å². The van der Waals surface area contributed by atoms with E-state index in [-0.39, 0.29) is 18.6 Å². The number of aliphatic hydroxyl groups excluding tert-OH is 1. The maximum atomic E-state index is 12.1. The van der Waals surface area contributed by atoms with E-state index in [9.17, 15) is 9.90 Å². The summed E-state index contributed by atoms with van der Waals surface area (Å²) >= 11 is 0. The van der Waals surface area contributed by atoms with Crippen molar-refractivity contribution in [2.24, 2.45) is 0 Å². The van der Waals surface area contributed by atoms with Crippen molar-refractivity contribution >= 4 is 5.91 Å². The molecule has 0 bridgehead atoms. The molecule has 2 N–H and O–H groups in total. The molecule has 1 amide bonds. The number of amides is 1.